The summed E-state index contributed by atoms with van der Waals surface area (Å²) in [6.45, 7) is 1.81. The topological polar surface area (TPSA) is 85.1 Å². The van der Waals surface area contributed by atoms with Gasteiger partial charge in [0.2, 0.25) is 10.1 Å². The minimum Gasteiger partial charge on any atom is -0.295 e. The number of aromatic nitrogens is 5. The van der Waals surface area contributed by atoms with Crippen LogP contribution in [0.1, 0.15) is 16.2 Å². The van der Waals surface area contributed by atoms with E-state index in [1.54, 1.807) is 10.7 Å². The molecule has 24 heavy (non-hydrogen) atoms. The second-order valence-corrected chi connectivity index (χ2v) is 6.08. The maximum atomic E-state index is 12.1. The van der Waals surface area contributed by atoms with E-state index in [9.17, 15) is 4.79 Å². The zero-order chi connectivity index (χ0) is 16.5. The molecule has 8 heteroatoms. The molecule has 1 N–H and O–H groups in total. The van der Waals surface area contributed by atoms with E-state index in [4.69, 9.17) is 0 Å². The van der Waals surface area contributed by atoms with Crippen molar-refractivity contribution in [1.29, 1.82) is 0 Å². The van der Waals surface area contributed by atoms with Crippen LogP contribution in [0.25, 0.3) is 16.2 Å². The van der Waals surface area contributed by atoms with E-state index in [1.165, 1.54) is 17.5 Å². The van der Waals surface area contributed by atoms with Gasteiger partial charge in [0.1, 0.15) is 5.69 Å². The minimum absolute atomic E-state index is 0.249. The Kier molecular flexibility index (Phi) is 3.51. The first-order valence-electron chi connectivity index (χ1n) is 7.21. The van der Waals surface area contributed by atoms with Gasteiger partial charge in [0.15, 0.2) is 0 Å². The number of anilines is 1. The van der Waals surface area contributed by atoms with Gasteiger partial charge in [-0.2, -0.15) is 0 Å². The number of amides is 1. The van der Waals surface area contributed by atoms with Gasteiger partial charge in [-0.1, -0.05) is 41.7 Å². The number of fused-ring (bicyclic) bond motifs is 1. The lowest BCUT2D eigenvalue weighted by atomic mass is 10.2. The Balaban J connectivity index is 1.56. The summed E-state index contributed by atoms with van der Waals surface area (Å²) in [6.07, 6.45) is 4.83. The van der Waals surface area contributed by atoms with Gasteiger partial charge in [0, 0.05) is 11.8 Å². The highest BCUT2D eigenvalue weighted by Crippen LogP contribution is 2.24. The third-order valence-electron chi connectivity index (χ3n) is 3.35. The van der Waals surface area contributed by atoms with E-state index in [0.29, 0.717) is 10.1 Å². The first kappa shape index (κ1) is 14.5. The Hall–Kier alpha value is -3.13. The fourth-order valence-corrected chi connectivity index (χ4v) is 2.95. The van der Waals surface area contributed by atoms with Crippen LogP contribution in [0.5, 0.6) is 0 Å². The average Bonchev–Trinajstić information content (AvgIpc) is 3.14. The van der Waals surface area contributed by atoms with Crippen molar-refractivity contribution in [1.82, 2.24) is 24.6 Å². The van der Waals surface area contributed by atoms with E-state index in [0.717, 1.165) is 17.0 Å². The summed E-state index contributed by atoms with van der Waals surface area (Å²) in [4.78, 5) is 25.5. The molecule has 0 atom stereocenters. The van der Waals surface area contributed by atoms with Gasteiger partial charge in [-0.15, -0.1) is 5.10 Å². The molecule has 0 radical (unpaired) electrons. The highest BCUT2D eigenvalue weighted by Gasteiger charge is 2.13. The predicted octanol–water partition coefficient (Wildman–Crippen LogP) is 2.81. The molecular weight excluding hydrogens is 324 g/mol. The number of nitrogens with one attached hydrogen (secondary N) is 1. The van der Waals surface area contributed by atoms with E-state index in [1.807, 2.05) is 43.5 Å². The minimum atomic E-state index is -0.345. The molecule has 0 bridgehead atoms. The standard InChI is InChI=1S/C16H12N6OS/c1-10-7-18-12(8-17-10)14(23)20-15-21-22-9-13(19-16(22)24-15)11-5-3-2-4-6-11/h2-9H,1H3,(H,20,21,23). The maximum Gasteiger partial charge on any atom is 0.277 e. The number of hydrogen-bond acceptors (Lipinski definition) is 6. The van der Waals surface area contributed by atoms with Crippen LogP contribution in [0.3, 0.4) is 0 Å². The van der Waals surface area contributed by atoms with Crippen molar-refractivity contribution in [3.05, 3.63) is 60.3 Å². The lowest BCUT2D eigenvalue weighted by Crippen LogP contribution is -2.14. The third kappa shape index (κ3) is 2.74. The Labute approximate surface area is 141 Å². The molecule has 118 valence electrons. The van der Waals surface area contributed by atoms with Crippen LogP contribution in [-0.4, -0.2) is 30.5 Å². The summed E-state index contributed by atoms with van der Waals surface area (Å²) in [5.41, 5.74) is 2.87. The van der Waals surface area contributed by atoms with Crippen molar-refractivity contribution < 1.29 is 4.79 Å². The second-order valence-electron chi connectivity index (χ2n) is 5.12. The van der Waals surface area contributed by atoms with Crippen LogP contribution in [0.2, 0.25) is 0 Å². The molecule has 0 saturated heterocycles. The van der Waals surface area contributed by atoms with Crippen LogP contribution in [0.4, 0.5) is 5.13 Å². The average molecular weight is 336 g/mol. The first-order chi connectivity index (χ1) is 11.7. The highest BCUT2D eigenvalue weighted by molar-refractivity contribution is 7.20. The number of imidazole rings is 1. The van der Waals surface area contributed by atoms with E-state index in [-0.39, 0.29) is 11.6 Å². The van der Waals surface area contributed by atoms with Crippen molar-refractivity contribution in [3.8, 4) is 11.3 Å². The SMILES string of the molecule is Cc1cnc(C(=O)Nc2nn3cc(-c4ccccc4)nc3s2)cn1. The van der Waals surface area contributed by atoms with Gasteiger partial charge in [-0.25, -0.2) is 14.5 Å². The Morgan fingerprint density at radius 1 is 1.17 bits per heavy atom. The summed E-state index contributed by atoms with van der Waals surface area (Å²) < 4.78 is 1.66. The third-order valence-corrected chi connectivity index (χ3v) is 4.18. The summed E-state index contributed by atoms with van der Waals surface area (Å²) in [5, 5.41) is 7.51. The largest absolute Gasteiger partial charge is 0.295 e. The van der Waals surface area contributed by atoms with Gasteiger partial charge in [0.05, 0.1) is 23.8 Å². The Morgan fingerprint density at radius 3 is 2.71 bits per heavy atom. The molecule has 7 nitrogen and oxygen atoms in total. The fourth-order valence-electron chi connectivity index (χ4n) is 2.17. The molecule has 0 fully saturated rings. The van der Waals surface area contributed by atoms with Gasteiger partial charge in [-0.3, -0.25) is 15.1 Å². The molecule has 0 aliphatic carbocycles. The fraction of sp³-hybridized carbons (Fsp3) is 0.0625. The van der Waals surface area contributed by atoms with Crippen LogP contribution in [0.15, 0.2) is 48.9 Å². The van der Waals surface area contributed by atoms with E-state index >= 15 is 0 Å². The summed E-state index contributed by atoms with van der Waals surface area (Å²) >= 11 is 1.30. The molecule has 0 saturated carbocycles. The second kappa shape index (κ2) is 5.82. The molecule has 0 aliphatic heterocycles. The van der Waals surface area contributed by atoms with Gasteiger partial charge >= 0.3 is 0 Å². The van der Waals surface area contributed by atoms with Crippen molar-refractivity contribution in [2.24, 2.45) is 0 Å². The molecule has 1 aromatic carbocycles. The molecule has 0 unspecified atom stereocenters. The van der Waals surface area contributed by atoms with Gasteiger partial charge in [-0.05, 0) is 6.92 Å². The van der Waals surface area contributed by atoms with E-state index < -0.39 is 0 Å². The van der Waals surface area contributed by atoms with Crippen molar-refractivity contribution in [2.75, 3.05) is 5.32 Å². The number of carbonyl (C=O) groups excluding carboxylic acids is 1. The lowest BCUT2D eigenvalue weighted by Gasteiger charge is -1.99. The zero-order valence-electron chi connectivity index (χ0n) is 12.7. The Bertz CT molecular complexity index is 975. The molecule has 3 aromatic heterocycles. The summed E-state index contributed by atoms with van der Waals surface area (Å²) in [6, 6.07) is 9.87. The van der Waals surface area contributed by atoms with Crippen LogP contribution in [0, 0.1) is 6.92 Å². The number of carbonyl (C=O) groups is 1. The van der Waals surface area contributed by atoms with Crippen molar-refractivity contribution in [2.45, 2.75) is 6.92 Å². The quantitative estimate of drug-likeness (QED) is 0.622. The highest BCUT2D eigenvalue weighted by atomic mass is 32.1. The summed E-state index contributed by atoms with van der Waals surface area (Å²) in [7, 11) is 0. The molecule has 4 aromatic rings. The number of aryl methyl sites for hydroxylation is 1. The smallest absolute Gasteiger partial charge is 0.277 e. The summed E-state index contributed by atoms with van der Waals surface area (Å²) in [5.74, 6) is -0.345. The number of rotatable bonds is 3. The molecule has 0 spiro atoms. The predicted molar refractivity (Wildman–Crippen MR) is 91.0 cm³/mol. The number of benzene rings is 1. The number of hydrogen-bond donors (Lipinski definition) is 1. The first-order valence-corrected chi connectivity index (χ1v) is 8.02. The Morgan fingerprint density at radius 2 is 2.00 bits per heavy atom. The molecule has 0 aliphatic rings. The van der Waals surface area contributed by atoms with Crippen LogP contribution in [-0.2, 0) is 0 Å². The van der Waals surface area contributed by atoms with Crippen molar-refractivity contribution in [3.63, 3.8) is 0 Å². The maximum absolute atomic E-state index is 12.1. The van der Waals surface area contributed by atoms with Crippen LogP contribution < -0.4 is 5.32 Å². The van der Waals surface area contributed by atoms with Gasteiger partial charge in [0.25, 0.3) is 5.91 Å². The molecule has 1 amide bonds. The van der Waals surface area contributed by atoms with E-state index in [2.05, 4.69) is 25.4 Å². The normalized spacial score (nSPS) is 10.9. The van der Waals surface area contributed by atoms with Gasteiger partial charge < -0.3 is 0 Å². The van der Waals surface area contributed by atoms with Crippen molar-refractivity contribution >= 4 is 27.3 Å². The molecule has 4 rings (SSSR count). The lowest BCUT2D eigenvalue weighted by molar-refractivity contribution is 0.102. The molecular formula is C16H12N6OS. The number of nitrogens with zero attached hydrogens (tertiary/aromatic N) is 5. The molecule has 3 heterocycles. The van der Waals surface area contributed by atoms with Crippen LogP contribution >= 0.6 is 11.3 Å². The zero-order valence-corrected chi connectivity index (χ0v) is 13.5. The monoisotopic (exact) mass is 336 g/mol.